The molecule has 118 valence electrons. The standard InChI is InChI=1S/C15H21N5O2/c1-2-6-11-16-15-18-13(21)9-12(20(15)19-11)17-14(22)10-7-4-3-5-8-10/h9-10H,2-8H2,1H3,(H,17,22)(H,16,18,19,21). The van der Waals surface area contributed by atoms with Crippen molar-refractivity contribution in [2.45, 2.75) is 51.9 Å². The second-order valence-electron chi connectivity index (χ2n) is 5.86. The fraction of sp³-hybridized carbons (Fsp3) is 0.600. The van der Waals surface area contributed by atoms with Crippen LogP contribution in [0.5, 0.6) is 0 Å². The maximum absolute atomic E-state index is 12.4. The Kier molecular flexibility index (Phi) is 4.22. The van der Waals surface area contributed by atoms with Crippen LogP contribution in [0, 0.1) is 5.92 Å². The summed E-state index contributed by atoms with van der Waals surface area (Å²) < 4.78 is 1.51. The number of carbonyl (C=O) groups excluding carboxylic acids is 1. The van der Waals surface area contributed by atoms with Crippen LogP contribution in [0.4, 0.5) is 5.82 Å². The summed E-state index contributed by atoms with van der Waals surface area (Å²) in [5, 5.41) is 7.21. The van der Waals surface area contributed by atoms with Gasteiger partial charge in [0.1, 0.15) is 5.82 Å². The first-order valence-electron chi connectivity index (χ1n) is 7.97. The van der Waals surface area contributed by atoms with Crippen LogP contribution in [0.25, 0.3) is 5.78 Å². The van der Waals surface area contributed by atoms with Crippen LogP contribution in [-0.2, 0) is 11.2 Å². The van der Waals surface area contributed by atoms with Crippen molar-refractivity contribution < 1.29 is 4.79 Å². The highest BCUT2D eigenvalue weighted by atomic mass is 16.2. The molecule has 0 bridgehead atoms. The molecule has 0 unspecified atom stereocenters. The molecule has 1 saturated carbocycles. The first-order chi connectivity index (χ1) is 10.7. The molecule has 3 rings (SSSR count). The maximum atomic E-state index is 12.4. The summed E-state index contributed by atoms with van der Waals surface area (Å²) in [4.78, 5) is 31.0. The lowest BCUT2D eigenvalue weighted by Crippen LogP contribution is -2.27. The first-order valence-corrected chi connectivity index (χ1v) is 7.97. The van der Waals surface area contributed by atoms with E-state index in [1.807, 2.05) is 6.92 Å². The number of hydrogen-bond acceptors (Lipinski definition) is 4. The van der Waals surface area contributed by atoms with Gasteiger partial charge in [-0.25, -0.2) is 0 Å². The highest BCUT2D eigenvalue weighted by Crippen LogP contribution is 2.24. The van der Waals surface area contributed by atoms with Gasteiger partial charge in [-0.3, -0.25) is 14.6 Å². The highest BCUT2D eigenvalue weighted by Gasteiger charge is 2.22. The number of aromatic amines is 1. The lowest BCUT2D eigenvalue weighted by Gasteiger charge is -2.20. The molecule has 2 N–H and O–H groups in total. The molecule has 2 aromatic rings. The van der Waals surface area contributed by atoms with E-state index in [0.29, 0.717) is 17.4 Å². The van der Waals surface area contributed by atoms with E-state index in [1.54, 1.807) is 0 Å². The van der Waals surface area contributed by atoms with Crippen molar-refractivity contribution in [2.24, 2.45) is 5.92 Å². The molecular formula is C15H21N5O2. The van der Waals surface area contributed by atoms with E-state index >= 15 is 0 Å². The summed E-state index contributed by atoms with van der Waals surface area (Å²) in [7, 11) is 0. The van der Waals surface area contributed by atoms with E-state index in [1.165, 1.54) is 17.0 Å². The van der Waals surface area contributed by atoms with Gasteiger partial charge in [0, 0.05) is 18.4 Å². The molecule has 0 radical (unpaired) electrons. The van der Waals surface area contributed by atoms with E-state index in [-0.39, 0.29) is 17.4 Å². The van der Waals surface area contributed by atoms with Gasteiger partial charge in [-0.1, -0.05) is 26.2 Å². The Morgan fingerprint density at radius 1 is 1.41 bits per heavy atom. The number of hydrogen-bond donors (Lipinski definition) is 2. The Balaban J connectivity index is 1.88. The molecule has 7 heteroatoms. The number of aryl methyl sites for hydroxylation is 1. The molecule has 0 aliphatic heterocycles. The summed E-state index contributed by atoms with van der Waals surface area (Å²) in [6.07, 6.45) is 6.86. The largest absolute Gasteiger partial charge is 0.310 e. The molecule has 2 heterocycles. The third-order valence-electron chi connectivity index (χ3n) is 4.08. The van der Waals surface area contributed by atoms with Gasteiger partial charge >= 0.3 is 0 Å². The second kappa shape index (κ2) is 6.29. The molecule has 22 heavy (non-hydrogen) atoms. The zero-order valence-corrected chi connectivity index (χ0v) is 12.8. The SMILES string of the molecule is CCCc1nc2[nH]c(=O)cc(NC(=O)C3CCCCC3)n2n1. The number of aromatic nitrogens is 4. The summed E-state index contributed by atoms with van der Waals surface area (Å²) >= 11 is 0. The van der Waals surface area contributed by atoms with Gasteiger partial charge in [0.25, 0.3) is 5.56 Å². The zero-order chi connectivity index (χ0) is 15.5. The van der Waals surface area contributed by atoms with Crippen LogP contribution in [0.2, 0.25) is 0 Å². The fourth-order valence-electron chi connectivity index (χ4n) is 2.95. The normalized spacial score (nSPS) is 16.0. The van der Waals surface area contributed by atoms with Gasteiger partial charge < -0.3 is 5.32 Å². The quantitative estimate of drug-likeness (QED) is 0.902. The Labute approximate surface area is 128 Å². The molecule has 1 amide bonds. The smallest absolute Gasteiger partial charge is 0.254 e. The van der Waals surface area contributed by atoms with Gasteiger partial charge in [0.05, 0.1) is 0 Å². The third kappa shape index (κ3) is 3.03. The summed E-state index contributed by atoms with van der Waals surface area (Å²) in [6.45, 7) is 2.04. The van der Waals surface area contributed by atoms with Gasteiger partial charge in [0.15, 0.2) is 5.82 Å². The number of H-pyrrole nitrogens is 1. The lowest BCUT2D eigenvalue weighted by atomic mass is 9.89. The Bertz CT molecular complexity index is 727. The van der Waals surface area contributed by atoms with Crippen LogP contribution in [-0.4, -0.2) is 25.5 Å². The van der Waals surface area contributed by atoms with E-state index < -0.39 is 0 Å². The number of carbonyl (C=O) groups is 1. The summed E-state index contributed by atoms with van der Waals surface area (Å²) in [5.74, 6) is 1.43. The summed E-state index contributed by atoms with van der Waals surface area (Å²) in [5.41, 5.74) is -0.290. The number of amides is 1. The topological polar surface area (TPSA) is 92.1 Å². The number of fused-ring (bicyclic) bond motifs is 1. The van der Waals surface area contributed by atoms with Gasteiger partial charge in [-0.15, -0.1) is 5.10 Å². The third-order valence-corrected chi connectivity index (χ3v) is 4.08. The summed E-state index contributed by atoms with van der Waals surface area (Å²) in [6, 6.07) is 1.36. The van der Waals surface area contributed by atoms with Gasteiger partial charge in [0.2, 0.25) is 11.7 Å². The zero-order valence-electron chi connectivity index (χ0n) is 12.8. The Hall–Kier alpha value is -2.18. The number of anilines is 1. The second-order valence-corrected chi connectivity index (χ2v) is 5.86. The Morgan fingerprint density at radius 2 is 2.18 bits per heavy atom. The average molecular weight is 303 g/mol. The van der Waals surface area contributed by atoms with Crippen LogP contribution >= 0.6 is 0 Å². The number of rotatable bonds is 4. The van der Waals surface area contributed by atoms with Gasteiger partial charge in [-0.2, -0.15) is 9.50 Å². The van der Waals surface area contributed by atoms with E-state index in [2.05, 4.69) is 20.4 Å². The predicted octanol–water partition coefficient (Wildman–Crippen LogP) is 1.89. The van der Waals surface area contributed by atoms with Crippen molar-refractivity contribution in [3.05, 3.63) is 22.2 Å². The van der Waals surface area contributed by atoms with Crippen LogP contribution in [0.15, 0.2) is 10.9 Å². The minimum Gasteiger partial charge on any atom is -0.310 e. The van der Waals surface area contributed by atoms with Crippen molar-refractivity contribution in [1.82, 2.24) is 19.6 Å². The van der Waals surface area contributed by atoms with Crippen molar-refractivity contribution in [2.75, 3.05) is 5.32 Å². The molecule has 2 aromatic heterocycles. The monoisotopic (exact) mass is 303 g/mol. The van der Waals surface area contributed by atoms with Crippen molar-refractivity contribution in [1.29, 1.82) is 0 Å². The van der Waals surface area contributed by atoms with Crippen molar-refractivity contribution in [3.63, 3.8) is 0 Å². The van der Waals surface area contributed by atoms with E-state index in [0.717, 1.165) is 38.5 Å². The predicted molar refractivity (Wildman–Crippen MR) is 82.8 cm³/mol. The van der Waals surface area contributed by atoms with Crippen LogP contribution < -0.4 is 10.9 Å². The van der Waals surface area contributed by atoms with E-state index in [9.17, 15) is 9.59 Å². The van der Waals surface area contributed by atoms with Gasteiger partial charge in [-0.05, 0) is 19.3 Å². The number of nitrogens with zero attached hydrogens (tertiary/aromatic N) is 3. The molecule has 1 aliphatic carbocycles. The molecule has 7 nitrogen and oxygen atoms in total. The lowest BCUT2D eigenvalue weighted by molar-refractivity contribution is -0.120. The van der Waals surface area contributed by atoms with Crippen molar-refractivity contribution >= 4 is 17.5 Å². The highest BCUT2D eigenvalue weighted by molar-refractivity contribution is 5.91. The maximum Gasteiger partial charge on any atom is 0.254 e. The minimum atomic E-state index is -0.290. The van der Waals surface area contributed by atoms with Crippen LogP contribution in [0.3, 0.4) is 0 Å². The molecule has 0 spiro atoms. The molecular weight excluding hydrogens is 282 g/mol. The molecule has 1 aliphatic rings. The molecule has 0 atom stereocenters. The van der Waals surface area contributed by atoms with Crippen molar-refractivity contribution in [3.8, 4) is 0 Å². The average Bonchev–Trinajstić information content (AvgIpc) is 2.91. The van der Waals surface area contributed by atoms with E-state index in [4.69, 9.17) is 0 Å². The van der Waals surface area contributed by atoms with Crippen LogP contribution in [0.1, 0.15) is 51.3 Å². The first kappa shape index (κ1) is 14.7. The fourth-order valence-corrected chi connectivity index (χ4v) is 2.95. The molecule has 0 aromatic carbocycles. The Morgan fingerprint density at radius 3 is 2.91 bits per heavy atom. The molecule has 0 saturated heterocycles. The minimum absolute atomic E-state index is 0.0286. The molecule has 1 fully saturated rings. The number of nitrogens with one attached hydrogen (secondary N) is 2.